The Morgan fingerprint density at radius 2 is 2.19 bits per heavy atom. The van der Waals surface area contributed by atoms with Crippen LogP contribution in [0.3, 0.4) is 0 Å². The molecule has 0 atom stereocenters. The molecule has 0 fully saturated rings. The minimum absolute atomic E-state index is 0. The zero-order valence-electron chi connectivity index (χ0n) is 9.95. The maximum absolute atomic E-state index is 10.6. The second kappa shape index (κ2) is 8.42. The quantitative estimate of drug-likeness (QED) is 0.833. The van der Waals surface area contributed by atoms with Gasteiger partial charge in [-0.1, -0.05) is 26.3 Å². The first-order valence-corrected chi connectivity index (χ1v) is 5.23. The second-order valence-corrected chi connectivity index (χ2v) is 3.28. The third-order valence-electron chi connectivity index (χ3n) is 1.48. The first-order chi connectivity index (χ1) is 7.63. The molecule has 0 aliphatic carbocycles. The summed E-state index contributed by atoms with van der Waals surface area (Å²) >= 11 is 0. The summed E-state index contributed by atoms with van der Waals surface area (Å²) in [4.78, 5) is 14.4. The van der Waals surface area contributed by atoms with Crippen molar-refractivity contribution in [2.75, 3.05) is 0 Å². The highest BCUT2D eigenvalue weighted by atomic mass is 16.1. The molecular weight excluding hydrogens is 202 g/mol. The van der Waals surface area contributed by atoms with E-state index >= 15 is 0 Å². The van der Waals surface area contributed by atoms with E-state index < -0.39 is 0 Å². The third-order valence-corrected chi connectivity index (χ3v) is 1.48. The Hall–Kier alpha value is -1.89. The van der Waals surface area contributed by atoms with Gasteiger partial charge >= 0.3 is 0 Å². The molecule has 4 heteroatoms. The van der Waals surface area contributed by atoms with Crippen LogP contribution in [0.4, 0.5) is 0 Å². The summed E-state index contributed by atoms with van der Waals surface area (Å²) < 4.78 is 0. The number of aromatic nitrogens is 1. The van der Waals surface area contributed by atoms with Crippen molar-refractivity contribution in [3.8, 4) is 6.07 Å². The van der Waals surface area contributed by atoms with E-state index in [1.165, 1.54) is 13.3 Å². The average Bonchev–Trinajstić information content (AvgIpc) is 2.28. The molecule has 0 aromatic carbocycles. The van der Waals surface area contributed by atoms with E-state index in [0.29, 0.717) is 12.2 Å². The largest absolute Gasteiger partial charge is 0.352 e. The van der Waals surface area contributed by atoms with Gasteiger partial charge < -0.3 is 5.32 Å². The number of carbonyl (C=O) groups is 1. The highest BCUT2D eigenvalue weighted by molar-refractivity contribution is 5.72. The van der Waals surface area contributed by atoms with Crippen LogP contribution in [0.15, 0.2) is 18.3 Å². The topological polar surface area (TPSA) is 65.8 Å². The van der Waals surface area contributed by atoms with E-state index in [9.17, 15) is 4.79 Å². The molecule has 1 amide bonds. The molecule has 88 valence electrons. The lowest BCUT2D eigenvalue weighted by atomic mass is 10.2. The summed E-state index contributed by atoms with van der Waals surface area (Å²) in [6, 6.07) is 5.31. The van der Waals surface area contributed by atoms with E-state index in [0.717, 1.165) is 5.56 Å². The van der Waals surface area contributed by atoms with Gasteiger partial charge in [0.05, 0.1) is 0 Å². The number of nitrogens with one attached hydrogen (secondary N) is 1. The summed E-state index contributed by atoms with van der Waals surface area (Å²) in [6.07, 6.45) is 2.83. The molecule has 0 bridgehead atoms. The number of rotatable bonds is 2. The van der Waals surface area contributed by atoms with Crippen LogP contribution in [0.25, 0.3) is 0 Å². The maximum atomic E-state index is 10.6. The molecule has 0 unspecified atom stereocenters. The molecule has 4 nitrogen and oxygen atoms in total. The van der Waals surface area contributed by atoms with Crippen LogP contribution in [0.2, 0.25) is 0 Å². The smallest absolute Gasteiger partial charge is 0.217 e. The number of pyridine rings is 1. The van der Waals surface area contributed by atoms with E-state index in [2.05, 4.69) is 24.1 Å². The Morgan fingerprint density at radius 3 is 2.56 bits per heavy atom. The van der Waals surface area contributed by atoms with Crippen LogP contribution in [0.5, 0.6) is 0 Å². The van der Waals surface area contributed by atoms with Crippen LogP contribution in [-0.4, -0.2) is 10.9 Å². The van der Waals surface area contributed by atoms with E-state index in [1.807, 2.05) is 6.07 Å². The van der Waals surface area contributed by atoms with Gasteiger partial charge in [-0.05, 0) is 11.6 Å². The summed E-state index contributed by atoms with van der Waals surface area (Å²) in [6.45, 7) is 6.16. The summed E-state index contributed by atoms with van der Waals surface area (Å²) in [5.74, 6) is -0.0793. The number of amides is 1. The van der Waals surface area contributed by atoms with E-state index in [4.69, 9.17) is 5.26 Å². The van der Waals surface area contributed by atoms with Gasteiger partial charge in [0.2, 0.25) is 5.91 Å². The SMILES string of the molecule is CC(=O)NCc1ccc(C#N)nc1.CCC.[HH]. The van der Waals surface area contributed by atoms with Gasteiger partial charge in [0.1, 0.15) is 11.8 Å². The van der Waals surface area contributed by atoms with Crippen molar-refractivity contribution >= 4 is 5.91 Å². The molecule has 0 aliphatic heterocycles. The normalized spacial score (nSPS) is 8.38. The lowest BCUT2D eigenvalue weighted by Gasteiger charge is -2.00. The Morgan fingerprint density at radius 1 is 1.56 bits per heavy atom. The van der Waals surface area contributed by atoms with Crippen LogP contribution in [0, 0.1) is 11.3 Å². The Kier molecular flexibility index (Phi) is 7.43. The van der Waals surface area contributed by atoms with Crippen LogP contribution >= 0.6 is 0 Å². The fourth-order valence-electron chi connectivity index (χ4n) is 0.822. The number of nitrogens with zero attached hydrogens (tertiary/aromatic N) is 2. The van der Waals surface area contributed by atoms with Gasteiger partial charge in [-0.15, -0.1) is 0 Å². The number of nitriles is 1. The molecule has 1 aromatic rings. The molecule has 0 saturated heterocycles. The molecule has 0 spiro atoms. The first kappa shape index (κ1) is 14.1. The number of hydrogen-bond donors (Lipinski definition) is 1. The molecule has 0 aliphatic rings. The van der Waals surface area contributed by atoms with Gasteiger partial charge in [0.15, 0.2) is 0 Å². The maximum Gasteiger partial charge on any atom is 0.217 e. The second-order valence-electron chi connectivity index (χ2n) is 3.28. The predicted octanol–water partition coefficient (Wildman–Crippen LogP) is 2.25. The summed E-state index contributed by atoms with van der Waals surface area (Å²) in [5.41, 5.74) is 1.26. The van der Waals surface area contributed by atoms with Crippen LogP contribution in [0.1, 0.15) is 39.9 Å². The fourth-order valence-corrected chi connectivity index (χ4v) is 0.822. The van der Waals surface area contributed by atoms with Gasteiger partial charge in [0, 0.05) is 21.1 Å². The van der Waals surface area contributed by atoms with Gasteiger partial charge in [-0.2, -0.15) is 5.26 Å². The van der Waals surface area contributed by atoms with Crippen molar-refractivity contribution in [2.45, 2.75) is 33.7 Å². The lowest BCUT2D eigenvalue weighted by molar-refractivity contribution is -0.119. The van der Waals surface area contributed by atoms with Crippen molar-refractivity contribution in [1.29, 1.82) is 5.26 Å². The minimum Gasteiger partial charge on any atom is -0.352 e. The predicted molar refractivity (Wildman–Crippen MR) is 64.6 cm³/mol. The molecular formula is C12H19N3O. The Bertz CT molecular complexity index is 357. The summed E-state index contributed by atoms with van der Waals surface area (Å²) in [5, 5.41) is 11.1. The Balaban J connectivity index is 0. The van der Waals surface area contributed by atoms with Gasteiger partial charge in [-0.25, -0.2) is 4.98 Å². The molecule has 16 heavy (non-hydrogen) atoms. The molecule has 0 saturated carbocycles. The molecule has 1 N–H and O–H groups in total. The van der Waals surface area contributed by atoms with Crippen LogP contribution in [-0.2, 0) is 11.3 Å². The van der Waals surface area contributed by atoms with E-state index in [1.54, 1.807) is 18.3 Å². The highest BCUT2D eigenvalue weighted by Crippen LogP contribution is 1.98. The van der Waals surface area contributed by atoms with E-state index in [-0.39, 0.29) is 7.33 Å². The van der Waals surface area contributed by atoms with Gasteiger partial charge in [-0.3, -0.25) is 4.79 Å². The monoisotopic (exact) mass is 221 g/mol. The molecule has 0 radical (unpaired) electrons. The van der Waals surface area contributed by atoms with Crippen molar-refractivity contribution in [3.05, 3.63) is 29.6 Å². The number of hydrogen-bond acceptors (Lipinski definition) is 3. The lowest BCUT2D eigenvalue weighted by Crippen LogP contribution is -2.18. The standard InChI is InChI=1S/C9H9N3O.C3H8.H2/c1-7(13)11-5-8-2-3-9(4-10)12-6-8;1-3-2;/h2-3,6H,5H2,1H3,(H,11,13);3H2,1-2H3;1H. The van der Waals surface area contributed by atoms with Crippen LogP contribution < -0.4 is 5.32 Å². The highest BCUT2D eigenvalue weighted by Gasteiger charge is 1.95. The first-order valence-electron chi connectivity index (χ1n) is 5.23. The zero-order chi connectivity index (χ0) is 12.4. The average molecular weight is 221 g/mol. The van der Waals surface area contributed by atoms with Crippen molar-refractivity contribution < 1.29 is 6.22 Å². The zero-order valence-corrected chi connectivity index (χ0v) is 9.95. The van der Waals surface area contributed by atoms with Crippen molar-refractivity contribution in [3.63, 3.8) is 0 Å². The van der Waals surface area contributed by atoms with Gasteiger partial charge in [0.25, 0.3) is 0 Å². The Labute approximate surface area is 97.8 Å². The van der Waals surface area contributed by atoms with Crippen molar-refractivity contribution in [2.24, 2.45) is 0 Å². The molecule has 1 rings (SSSR count). The minimum atomic E-state index is -0.0793. The molecule has 1 aromatic heterocycles. The molecule has 1 heterocycles. The fraction of sp³-hybridized carbons (Fsp3) is 0.417. The third kappa shape index (κ3) is 6.55. The van der Waals surface area contributed by atoms with Crippen molar-refractivity contribution in [1.82, 2.24) is 10.3 Å². The number of carbonyl (C=O) groups excluding carboxylic acids is 1. The summed E-state index contributed by atoms with van der Waals surface area (Å²) in [7, 11) is 0.